The second-order valence-corrected chi connectivity index (χ2v) is 28.1. The average molecular weight is 1290 g/mol. The highest BCUT2D eigenvalue weighted by Gasteiger charge is 2.30. The molecule has 0 radical (unpaired) electrons. The molecule has 0 aromatic rings. The van der Waals surface area contributed by atoms with E-state index in [9.17, 15) is 43.2 Å². The number of phosphoric acid groups is 2. The summed E-state index contributed by atoms with van der Waals surface area (Å²) in [6.45, 7) is 11.7. The molecular weight excluding hydrogens is 1160 g/mol. The second kappa shape index (κ2) is 59.5. The van der Waals surface area contributed by atoms with Gasteiger partial charge in [-0.1, -0.05) is 265 Å². The highest BCUT2D eigenvalue weighted by Crippen LogP contribution is 2.45. The van der Waals surface area contributed by atoms with Gasteiger partial charge in [-0.3, -0.25) is 37.3 Å². The zero-order valence-corrected chi connectivity index (χ0v) is 58.5. The largest absolute Gasteiger partial charge is 0.472 e. The van der Waals surface area contributed by atoms with Crippen molar-refractivity contribution in [3.63, 3.8) is 0 Å². The molecule has 0 saturated heterocycles. The summed E-state index contributed by atoms with van der Waals surface area (Å²) in [6, 6.07) is 0. The maximum Gasteiger partial charge on any atom is 0.472 e. The first-order valence-corrected chi connectivity index (χ1v) is 38.2. The molecule has 0 aliphatic heterocycles. The number of hydrogen-bond acceptors (Lipinski definition) is 15. The number of ether oxygens (including phenoxy) is 4. The molecule has 17 nitrogen and oxygen atoms in total. The van der Waals surface area contributed by atoms with E-state index in [1.165, 1.54) is 109 Å². The third kappa shape index (κ3) is 59.8. The molecule has 0 bridgehead atoms. The fraction of sp³-hybridized carbons (Fsp3) is 0.884. The minimum Gasteiger partial charge on any atom is -0.462 e. The van der Waals surface area contributed by atoms with Crippen LogP contribution in [-0.4, -0.2) is 96.7 Å². The van der Waals surface area contributed by atoms with Crippen LogP contribution < -0.4 is 0 Å². The number of esters is 4. The van der Waals surface area contributed by atoms with Gasteiger partial charge in [0.25, 0.3) is 0 Å². The normalized spacial score (nSPS) is 15.0. The molecule has 0 heterocycles. The van der Waals surface area contributed by atoms with Crippen molar-refractivity contribution in [1.29, 1.82) is 0 Å². The quantitative estimate of drug-likeness (QED) is 0.0169. The van der Waals surface area contributed by atoms with Gasteiger partial charge < -0.3 is 33.8 Å². The van der Waals surface area contributed by atoms with Crippen molar-refractivity contribution in [2.24, 2.45) is 17.8 Å². The summed E-state index contributed by atoms with van der Waals surface area (Å²) in [5.41, 5.74) is 0. The minimum atomic E-state index is -4.96. The fourth-order valence-corrected chi connectivity index (χ4v) is 11.3. The van der Waals surface area contributed by atoms with Crippen LogP contribution in [0.2, 0.25) is 0 Å². The van der Waals surface area contributed by atoms with Crippen LogP contribution in [0.15, 0.2) is 24.3 Å². The highest BCUT2D eigenvalue weighted by molar-refractivity contribution is 7.47. The monoisotopic (exact) mass is 1290 g/mol. The number of hydrogen-bond donors (Lipinski definition) is 3. The molecule has 7 atom stereocenters. The van der Waals surface area contributed by atoms with Gasteiger partial charge in [0.15, 0.2) is 12.2 Å². The molecule has 0 fully saturated rings. The summed E-state index contributed by atoms with van der Waals surface area (Å²) >= 11 is 0. The highest BCUT2D eigenvalue weighted by atomic mass is 31.2. The van der Waals surface area contributed by atoms with Crippen LogP contribution in [0.5, 0.6) is 0 Å². The number of unbranched alkanes of at least 4 members (excludes halogenated alkanes) is 28. The smallest absolute Gasteiger partial charge is 0.462 e. The first kappa shape index (κ1) is 85.5. The lowest BCUT2D eigenvalue weighted by atomic mass is 9.99. The Balaban J connectivity index is 5.29. The van der Waals surface area contributed by atoms with Gasteiger partial charge >= 0.3 is 39.5 Å². The Labute approximate surface area is 535 Å². The number of aliphatic hydroxyl groups excluding tert-OH is 1. The summed E-state index contributed by atoms with van der Waals surface area (Å²) in [5, 5.41) is 10.6. The van der Waals surface area contributed by atoms with Crippen molar-refractivity contribution < 1.29 is 80.2 Å². The van der Waals surface area contributed by atoms with Gasteiger partial charge in [-0.15, -0.1) is 0 Å². The number of phosphoric ester groups is 2. The lowest BCUT2D eigenvalue weighted by Gasteiger charge is -2.21. The third-order valence-corrected chi connectivity index (χ3v) is 17.9. The van der Waals surface area contributed by atoms with Crippen molar-refractivity contribution in [3.05, 3.63) is 24.3 Å². The summed E-state index contributed by atoms with van der Waals surface area (Å²) in [4.78, 5) is 72.4. The van der Waals surface area contributed by atoms with Crippen LogP contribution in [0.25, 0.3) is 0 Å². The molecule has 0 aromatic heterocycles. The molecule has 0 rings (SSSR count). The van der Waals surface area contributed by atoms with Crippen LogP contribution in [-0.2, 0) is 65.4 Å². The number of aliphatic hydroxyl groups is 1. The second-order valence-electron chi connectivity index (χ2n) is 25.2. The maximum absolute atomic E-state index is 13.0. The van der Waals surface area contributed by atoms with Crippen molar-refractivity contribution in [1.82, 2.24) is 0 Å². The molecule has 3 N–H and O–H groups in total. The van der Waals surface area contributed by atoms with Crippen LogP contribution in [0.3, 0.4) is 0 Å². The predicted molar refractivity (Wildman–Crippen MR) is 354 cm³/mol. The molecule has 0 aliphatic rings. The van der Waals surface area contributed by atoms with Crippen LogP contribution in [0.1, 0.15) is 318 Å². The van der Waals surface area contributed by atoms with Crippen molar-refractivity contribution in [3.8, 4) is 0 Å². The van der Waals surface area contributed by atoms with Crippen molar-refractivity contribution >= 4 is 39.5 Å². The molecule has 0 spiro atoms. The summed E-state index contributed by atoms with van der Waals surface area (Å²) in [5.74, 6) is 0.0572. The zero-order chi connectivity index (χ0) is 65.2. The summed E-state index contributed by atoms with van der Waals surface area (Å²) in [6.07, 6.45) is 45.3. The Morgan fingerprint density at radius 2 is 0.670 bits per heavy atom. The van der Waals surface area contributed by atoms with Crippen molar-refractivity contribution in [2.75, 3.05) is 39.6 Å². The Morgan fingerprint density at radius 3 is 1.01 bits per heavy atom. The molecule has 0 saturated carbocycles. The van der Waals surface area contributed by atoms with Crippen LogP contribution in [0.4, 0.5) is 0 Å². The Morgan fingerprint density at radius 1 is 0.375 bits per heavy atom. The van der Waals surface area contributed by atoms with Gasteiger partial charge in [-0.2, -0.15) is 0 Å². The van der Waals surface area contributed by atoms with E-state index < -0.39 is 97.5 Å². The maximum atomic E-state index is 13.0. The van der Waals surface area contributed by atoms with E-state index in [2.05, 4.69) is 72.8 Å². The molecule has 0 amide bonds. The fourth-order valence-electron chi connectivity index (χ4n) is 9.76. The first-order valence-electron chi connectivity index (χ1n) is 35.2. The molecule has 4 unspecified atom stereocenters. The number of carbonyl (C=O) groups excluding carboxylic acids is 4. The zero-order valence-electron chi connectivity index (χ0n) is 56.7. The lowest BCUT2D eigenvalue weighted by Crippen LogP contribution is -2.30. The molecule has 0 aliphatic carbocycles. The lowest BCUT2D eigenvalue weighted by molar-refractivity contribution is -0.161. The Kier molecular flexibility index (Phi) is 57.9. The van der Waals surface area contributed by atoms with E-state index in [0.717, 1.165) is 121 Å². The standard InChI is InChI=1S/C69H130O17P2/c1-8-11-12-13-14-15-16-17-18-19-20-21-29-38-45-52-68(73)85-65(57-80-67(72)51-44-37-32-31-33-40-47-60(4)5)59-84-88(77,78)82-55-63(70)54-81-87(75,76)83-58-64(86-69(74)53-46-39-30-25-23-27-35-42-49-62(7)10-3)56-79-66(71)50-43-36-28-24-22-26-34-41-48-61(6)9-2/h15-18,60-65,70H,8-14,19-59H2,1-7H3,(H,75,76)(H,77,78)/b16-15-,18-17-/t61?,62?,63-,64-,65-/m1/s1. The minimum absolute atomic E-state index is 0.0833. The van der Waals surface area contributed by atoms with Crippen LogP contribution in [0, 0.1) is 17.8 Å². The molecule has 88 heavy (non-hydrogen) atoms. The van der Waals surface area contributed by atoms with Crippen LogP contribution >= 0.6 is 15.6 Å². The van der Waals surface area contributed by atoms with E-state index >= 15 is 0 Å². The summed E-state index contributed by atoms with van der Waals surface area (Å²) < 4.78 is 68.2. The molecule has 0 aromatic carbocycles. The number of rotatable bonds is 65. The predicted octanol–water partition coefficient (Wildman–Crippen LogP) is 19.0. The van der Waals surface area contributed by atoms with Gasteiger partial charge in [0.1, 0.15) is 19.3 Å². The number of allylic oxidation sites excluding steroid dienone is 4. The Bertz CT molecular complexity index is 1830. The average Bonchev–Trinajstić information content (AvgIpc) is 3.67. The van der Waals surface area contributed by atoms with Crippen molar-refractivity contribution in [2.45, 2.75) is 336 Å². The first-order chi connectivity index (χ1) is 42.3. The van der Waals surface area contributed by atoms with E-state index in [1.54, 1.807) is 0 Å². The topological polar surface area (TPSA) is 237 Å². The van der Waals surface area contributed by atoms with Gasteiger partial charge in [0.2, 0.25) is 0 Å². The molecular formula is C69H130O17P2. The van der Waals surface area contributed by atoms with Gasteiger partial charge in [0, 0.05) is 25.7 Å². The van der Waals surface area contributed by atoms with E-state index in [0.29, 0.717) is 31.6 Å². The van der Waals surface area contributed by atoms with Gasteiger partial charge in [0.05, 0.1) is 26.4 Å². The third-order valence-electron chi connectivity index (χ3n) is 16.0. The van der Waals surface area contributed by atoms with E-state index in [4.69, 9.17) is 37.0 Å². The van der Waals surface area contributed by atoms with E-state index in [1.807, 2.05) is 0 Å². The number of carbonyl (C=O) groups is 4. The van der Waals surface area contributed by atoms with E-state index in [-0.39, 0.29) is 25.7 Å². The summed E-state index contributed by atoms with van der Waals surface area (Å²) in [7, 11) is -9.91. The molecule has 19 heteroatoms. The molecule has 518 valence electrons. The SMILES string of the molecule is CCCCCC/C=C\C=C/CCCCCCCC(=O)O[C@H](COC(=O)CCCCCCCCC(C)C)COP(=O)(O)OC[C@H](O)COP(=O)(O)OC[C@@H](COC(=O)CCCCCCCCCCC(C)CC)OC(=O)CCCCCCCCCCC(C)CC. The van der Waals surface area contributed by atoms with Gasteiger partial charge in [-0.25, -0.2) is 9.13 Å². The van der Waals surface area contributed by atoms with Gasteiger partial charge in [-0.05, 0) is 69.1 Å². The Hall–Kier alpha value is -2.46.